The van der Waals surface area contributed by atoms with Gasteiger partial charge in [0.25, 0.3) is 0 Å². The van der Waals surface area contributed by atoms with E-state index in [4.69, 9.17) is 11.6 Å². The van der Waals surface area contributed by atoms with Crippen molar-refractivity contribution in [2.24, 2.45) is 0 Å². The molecular weight excluding hydrogens is 276 g/mol. The van der Waals surface area contributed by atoms with Gasteiger partial charge >= 0.3 is 0 Å². The summed E-state index contributed by atoms with van der Waals surface area (Å²) in [5.41, 5.74) is 1.23. The number of pyridine rings is 1. The van der Waals surface area contributed by atoms with Gasteiger partial charge in [-0.1, -0.05) is 41.6 Å². The Morgan fingerprint density at radius 3 is 2.74 bits per heavy atom. The number of hydrogen-bond donors (Lipinski definition) is 1. The first-order chi connectivity index (χ1) is 9.31. The highest BCUT2D eigenvalue weighted by Gasteiger charge is 2.19. The second-order valence-corrected chi connectivity index (χ2v) is 6.16. The molecule has 1 aliphatic rings. The molecular formula is C15H15ClN2S. The van der Waals surface area contributed by atoms with E-state index in [1.165, 1.54) is 18.4 Å². The van der Waals surface area contributed by atoms with Gasteiger partial charge in [-0.2, -0.15) is 0 Å². The SMILES string of the molecule is Clc1ccccc1Sc1ccc(CNC2CC2)cn1. The van der Waals surface area contributed by atoms with Crippen LogP contribution in [-0.2, 0) is 6.54 Å². The average Bonchev–Trinajstić information content (AvgIpc) is 3.25. The summed E-state index contributed by atoms with van der Waals surface area (Å²) in [7, 11) is 0. The first kappa shape index (κ1) is 13.0. The number of hydrogen-bond acceptors (Lipinski definition) is 3. The van der Waals surface area contributed by atoms with Crippen LogP contribution in [0.3, 0.4) is 0 Å². The molecule has 4 heteroatoms. The summed E-state index contributed by atoms with van der Waals surface area (Å²) in [6, 6.07) is 12.8. The lowest BCUT2D eigenvalue weighted by atomic mass is 10.3. The van der Waals surface area contributed by atoms with Crippen LogP contribution in [0, 0.1) is 0 Å². The van der Waals surface area contributed by atoms with Crippen molar-refractivity contribution in [2.45, 2.75) is 35.3 Å². The van der Waals surface area contributed by atoms with Crippen molar-refractivity contribution in [3.8, 4) is 0 Å². The number of nitrogens with zero attached hydrogens (tertiary/aromatic N) is 1. The zero-order valence-electron chi connectivity index (χ0n) is 10.5. The second-order valence-electron chi connectivity index (χ2n) is 4.69. The lowest BCUT2D eigenvalue weighted by Gasteiger charge is -2.05. The third-order valence-electron chi connectivity index (χ3n) is 3.02. The molecule has 0 aliphatic heterocycles. The van der Waals surface area contributed by atoms with Crippen molar-refractivity contribution in [3.05, 3.63) is 53.2 Å². The van der Waals surface area contributed by atoms with E-state index < -0.39 is 0 Å². The fraction of sp³-hybridized carbons (Fsp3) is 0.267. The minimum Gasteiger partial charge on any atom is -0.310 e. The maximum Gasteiger partial charge on any atom is 0.101 e. The van der Waals surface area contributed by atoms with E-state index in [1.807, 2.05) is 30.5 Å². The fourth-order valence-corrected chi connectivity index (χ4v) is 2.80. The lowest BCUT2D eigenvalue weighted by molar-refractivity contribution is 0.685. The highest BCUT2D eigenvalue weighted by molar-refractivity contribution is 7.99. The van der Waals surface area contributed by atoms with Crippen molar-refractivity contribution in [3.63, 3.8) is 0 Å². The molecule has 1 aliphatic carbocycles. The van der Waals surface area contributed by atoms with Gasteiger partial charge in [-0.3, -0.25) is 0 Å². The molecule has 2 nitrogen and oxygen atoms in total. The molecule has 0 unspecified atom stereocenters. The molecule has 1 aromatic carbocycles. The van der Waals surface area contributed by atoms with Gasteiger partial charge in [0.05, 0.1) is 5.02 Å². The van der Waals surface area contributed by atoms with Gasteiger partial charge in [0.15, 0.2) is 0 Å². The van der Waals surface area contributed by atoms with Crippen LogP contribution >= 0.6 is 23.4 Å². The van der Waals surface area contributed by atoms with E-state index in [1.54, 1.807) is 11.8 Å². The predicted molar refractivity (Wildman–Crippen MR) is 79.7 cm³/mol. The summed E-state index contributed by atoms with van der Waals surface area (Å²) in [6.07, 6.45) is 4.57. The molecule has 0 spiro atoms. The van der Waals surface area contributed by atoms with E-state index in [0.717, 1.165) is 27.5 Å². The summed E-state index contributed by atoms with van der Waals surface area (Å²) in [4.78, 5) is 5.52. The van der Waals surface area contributed by atoms with Gasteiger partial charge in [0, 0.05) is 23.7 Å². The number of rotatable bonds is 5. The summed E-state index contributed by atoms with van der Waals surface area (Å²) >= 11 is 7.73. The van der Waals surface area contributed by atoms with Crippen molar-refractivity contribution < 1.29 is 0 Å². The molecule has 1 fully saturated rings. The fourth-order valence-electron chi connectivity index (χ4n) is 1.77. The van der Waals surface area contributed by atoms with Crippen molar-refractivity contribution >= 4 is 23.4 Å². The summed E-state index contributed by atoms with van der Waals surface area (Å²) < 4.78 is 0. The highest BCUT2D eigenvalue weighted by Crippen LogP contribution is 2.31. The van der Waals surface area contributed by atoms with Crippen molar-refractivity contribution in [2.75, 3.05) is 0 Å². The van der Waals surface area contributed by atoms with Gasteiger partial charge in [0.2, 0.25) is 0 Å². The largest absolute Gasteiger partial charge is 0.310 e. The van der Waals surface area contributed by atoms with Crippen LogP contribution in [0.15, 0.2) is 52.5 Å². The summed E-state index contributed by atoms with van der Waals surface area (Å²) in [6.45, 7) is 0.911. The van der Waals surface area contributed by atoms with Gasteiger partial charge in [-0.05, 0) is 36.6 Å². The third-order valence-corrected chi connectivity index (χ3v) is 4.49. The van der Waals surface area contributed by atoms with Crippen LogP contribution in [0.4, 0.5) is 0 Å². The molecule has 1 heterocycles. The zero-order valence-corrected chi connectivity index (χ0v) is 12.0. The summed E-state index contributed by atoms with van der Waals surface area (Å²) in [5, 5.41) is 5.23. The quantitative estimate of drug-likeness (QED) is 0.896. The molecule has 0 amide bonds. The predicted octanol–water partition coefficient (Wildman–Crippen LogP) is 4.14. The maximum atomic E-state index is 6.14. The molecule has 98 valence electrons. The molecule has 19 heavy (non-hydrogen) atoms. The van der Waals surface area contributed by atoms with Gasteiger partial charge < -0.3 is 5.32 Å². The van der Waals surface area contributed by atoms with Crippen LogP contribution in [-0.4, -0.2) is 11.0 Å². The Morgan fingerprint density at radius 2 is 2.05 bits per heavy atom. The summed E-state index contributed by atoms with van der Waals surface area (Å²) in [5.74, 6) is 0. The lowest BCUT2D eigenvalue weighted by Crippen LogP contribution is -2.15. The Kier molecular flexibility index (Phi) is 4.06. The van der Waals surface area contributed by atoms with Crippen LogP contribution in [0.1, 0.15) is 18.4 Å². The molecule has 0 saturated heterocycles. The molecule has 0 bridgehead atoms. The molecule has 3 rings (SSSR count). The first-order valence-corrected chi connectivity index (χ1v) is 7.61. The van der Waals surface area contributed by atoms with E-state index in [2.05, 4.69) is 22.4 Å². The minimum absolute atomic E-state index is 0.733. The molecule has 1 N–H and O–H groups in total. The zero-order chi connectivity index (χ0) is 13.1. The number of halogens is 1. The third kappa shape index (κ3) is 3.72. The Balaban J connectivity index is 1.63. The smallest absolute Gasteiger partial charge is 0.101 e. The van der Waals surface area contributed by atoms with Gasteiger partial charge in [-0.15, -0.1) is 0 Å². The Labute approximate surface area is 122 Å². The minimum atomic E-state index is 0.733. The maximum absolute atomic E-state index is 6.14. The average molecular weight is 291 g/mol. The molecule has 2 aromatic rings. The van der Waals surface area contributed by atoms with Gasteiger partial charge in [0.1, 0.15) is 5.03 Å². The van der Waals surface area contributed by atoms with Crippen LogP contribution in [0.5, 0.6) is 0 Å². The Hall–Kier alpha value is -1.03. The molecule has 0 radical (unpaired) electrons. The van der Waals surface area contributed by atoms with Gasteiger partial charge in [-0.25, -0.2) is 4.98 Å². The number of aromatic nitrogens is 1. The normalized spacial score (nSPS) is 14.6. The topological polar surface area (TPSA) is 24.9 Å². The number of nitrogens with one attached hydrogen (secondary N) is 1. The van der Waals surface area contributed by atoms with Crippen LogP contribution in [0.2, 0.25) is 5.02 Å². The standard InChI is InChI=1S/C15H15ClN2S/c16-13-3-1-2-4-14(13)19-15-8-5-11(10-18-15)9-17-12-6-7-12/h1-5,8,10,12,17H,6-7,9H2. The van der Waals surface area contributed by atoms with Crippen molar-refractivity contribution in [1.82, 2.24) is 10.3 Å². The molecule has 1 aromatic heterocycles. The van der Waals surface area contributed by atoms with Crippen molar-refractivity contribution in [1.29, 1.82) is 0 Å². The highest BCUT2D eigenvalue weighted by atomic mass is 35.5. The Bertz CT molecular complexity index is 552. The van der Waals surface area contributed by atoms with Crippen LogP contribution in [0.25, 0.3) is 0 Å². The molecule has 1 saturated carbocycles. The van der Waals surface area contributed by atoms with E-state index >= 15 is 0 Å². The van der Waals surface area contributed by atoms with E-state index in [-0.39, 0.29) is 0 Å². The first-order valence-electron chi connectivity index (χ1n) is 6.42. The molecule has 0 atom stereocenters. The second kappa shape index (κ2) is 5.95. The van der Waals surface area contributed by atoms with E-state index in [9.17, 15) is 0 Å². The van der Waals surface area contributed by atoms with Crippen LogP contribution < -0.4 is 5.32 Å². The number of benzene rings is 1. The van der Waals surface area contributed by atoms with E-state index in [0.29, 0.717) is 0 Å². The Morgan fingerprint density at radius 1 is 1.21 bits per heavy atom. The monoisotopic (exact) mass is 290 g/mol.